The second-order valence-corrected chi connectivity index (χ2v) is 5.73. The van der Waals surface area contributed by atoms with E-state index in [1.807, 2.05) is 56.3 Å². The maximum Gasteiger partial charge on any atom is 0.246 e. The number of nitrogens with zero attached hydrogens (tertiary/aromatic N) is 1. The lowest BCUT2D eigenvalue weighted by molar-refractivity contribution is -0.116. The Morgan fingerprint density at radius 2 is 1.92 bits per heavy atom. The normalized spacial score (nSPS) is 12.0. The molecule has 2 N–H and O–H groups in total. The number of aryl methyl sites for hydroxylation is 1. The maximum atomic E-state index is 12.4. The molecule has 0 saturated carbocycles. The summed E-state index contributed by atoms with van der Waals surface area (Å²) in [6, 6.07) is 12.5. The van der Waals surface area contributed by atoms with E-state index in [0.29, 0.717) is 12.5 Å². The van der Waals surface area contributed by atoms with E-state index in [1.54, 1.807) is 6.92 Å². The van der Waals surface area contributed by atoms with Gasteiger partial charge in [-0.2, -0.15) is 0 Å². The molecule has 130 valence electrons. The lowest BCUT2D eigenvalue weighted by Crippen LogP contribution is -2.31. The summed E-state index contributed by atoms with van der Waals surface area (Å²) in [4.78, 5) is 16.7. The number of hydrogen-bond acceptors (Lipinski definition) is 5. The van der Waals surface area contributed by atoms with Crippen molar-refractivity contribution in [1.29, 1.82) is 0 Å². The monoisotopic (exact) mass is 339 g/mol. The van der Waals surface area contributed by atoms with Crippen LogP contribution in [0.4, 0.5) is 11.4 Å². The van der Waals surface area contributed by atoms with Gasteiger partial charge in [-0.1, -0.05) is 0 Å². The Bertz CT molecular complexity index is 871. The summed E-state index contributed by atoms with van der Waals surface area (Å²) in [6.07, 6.45) is 0. The average Bonchev–Trinajstić information content (AvgIpc) is 2.96. The Morgan fingerprint density at radius 1 is 1.20 bits per heavy atom. The largest absolute Gasteiger partial charge is 0.494 e. The number of rotatable bonds is 6. The molecule has 1 unspecified atom stereocenters. The third-order valence-corrected chi connectivity index (χ3v) is 3.70. The Labute approximate surface area is 146 Å². The number of nitrogens with one attached hydrogen (secondary N) is 2. The van der Waals surface area contributed by atoms with E-state index in [1.165, 1.54) is 0 Å². The molecule has 6 heteroatoms. The van der Waals surface area contributed by atoms with Crippen molar-refractivity contribution in [2.75, 3.05) is 17.2 Å². The first-order valence-electron chi connectivity index (χ1n) is 8.22. The molecule has 3 aromatic rings. The van der Waals surface area contributed by atoms with Gasteiger partial charge in [0.25, 0.3) is 0 Å². The van der Waals surface area contributed by atoms with Gasteiger partial charge in [-0.25, -0.2) is 4.98 Å². The third-order valence-electron chi connectivity index (χ3n) is 3.70. The zero-order valence-electron chi connectivity index (χ0n) is 14.5. The topological polar surface area (TPSA) is 76.4 Å². The summed E-state index contributed by atoms with van der Waals surface area (Å²) < 4.78 is 10.8. The molecular formula is C19H21N3O3. The maximum absolute atomic E-state index is 12.4. The van der Waals surface area contributed by atoms with E-state index in [-0.39, 0.29) is 5.91 Å². The van der Waals surface area contributed by atoms with Gasteiger partial charge in [-0.3, -0.25) is 4.79 Å². The third kappa shape index (κ3) is 4.09. The van der Waals surface area contributed by atoms with Crippen molar-refractivity contribution < 1.29 is 13.9 Å². The van der Waals surface area contributed by atoms with Crippen LogP contribution in [0.15, 0.2) is 46.9 Å². The molecule has 0 radical (unpaired) electrons. The highest BCUT2D eigenvalue weighted by Gasteiger charge is 2.13. The lowest BCUT2D eigenvalue weighted by atomic mass is 10.2. The molecule has 1 aromatic heterocycles. The average molecular weight is 339 g/mol. The van der Waals surface area contributed by atoms with Gasteiger partial charge in [-0.05, 0) is 56.3 Å². The zero-order valence-corrected chi connectivity index (χ0v) is 14.5. The summed E-state index contributed by atoms with van der Waals surface area (Å²) in [6.45, 7) is 6.16. The standard InChI is InChI=1S/C19H21N3O3/c1-4-24-16-8-5-14(6-9-16)22-19(23)12(2)20-15-7-10-18-17(11-15)21-13(3)25-18/h5-12,20H,4H2,1-3H3,(H,22,23). The Kier molecular flexibility index (Phi) is 4.88. The first-order chi connectivity index (χ1) is 12.0. The predicted molar refractivity (Wildman–Crippen MR) is 98.1 cm³/mol. The van der Waals surface area contributed by atoms with Gasteiger partial charge in [-0.15, -0.1) is 0 Å². The molecule has 0 spiro atoms. The van der Waals surface area contributed by atoms with Gasteiger partial charge in [0.2, 0.25) is 5.91 Å². The summed E-state index contributed by atoms with van der Waals surface area (Å²) in [5.41, 5.74) is 3.04. The van der Waals surface area contributed by atoms with E-state index < -0.39 is 6.04 Å². The highest BCUT2D eigenvalue weighted by molar-refractivity contribution is 5.96. The van der Waals surface area contributed by atoms with Crippen LogP contribution in [0, 0.1) is 6.92 Å². The van der Waals surface area contributed by atoms with Crippen molar-refractivity contribution in [1.82, 2.24) is 4.98 Å². The van der Waals surface area contributed by atoms with Crippen LogP contribution in [0.5, 0.6) is 5.75 Å². The van der Waals surface area contributed by atoms with Crippen LogP contribution < -0.4 is 15.4 Å². The van der Waals surface area contributed by atoms with E-state index >= 15 is 0 Å². The van der Waals surface area contributed by atoms with Gasteiger partial charge >= 0.3 is 0 Å². The first kappa shape index (κ1) is 16.8. The Balaban J connectivity index is 1.62. The SMILES string of the molecule is CCOc1ccc(NC(=O)C(C)Nc2ccc3oc(C)nc3c2)cc1. The number of anilines is 2. The number of fused-ring (bicyclic) bond motifs is 1. The number of hydrogen-bond donors (Lipinski definition) is 2. The van der Waals surface area contributed by atoms with Gasteiger partial charge < -0.3 is 19.8 Å². The van der Waals surface area contributed by atoms with Crippen LogP contribution in [0.25, 0.3) is 11.1 Å². The highest BCUT2D eigenvalue weighted by Crippen LogP contribution is 2.21. The second kappa shape index (κ2) is 7.25. The van der Waals surface area contributed by atoms with Crippen LogP contribution in [-0.4, -0.2) is 23.5 Å². The molecule has 0 aliphatic rings. The molecule has 2 aromatic carbocycles. The van der Waals surface area contributed by atoms with Gasteiger partial charge in [0, 0.05) is 18.3 Å². The van der Waals surface area contributed by atoms with Crippen molar-refractivity contribution in [3.8, 4) is 5.75 Å². The van der Waals surface area contributed by atoms with Crippen molar-refractivity contribution in [3.05, 3.63) is 48.4 Å². The lowest BCUT2D eigenvalue weighted by Gasteiger charge is -2.15. The summed E-state index contributed by atoms with van der Waals surface area (Å²) >= 11 is 0. The number of oxazole rings is 1. The smallest absolute Gasteiger partial charge is 0.246 e. The van der Waals surface area contributed by atoms with Gasteiger partial charge in [0.1, 0.15) is 17.3 Å². The second-order valence-electron chi connectivity index (χ2n) is 5.73. The molecular weight excluding hydrogens is 318 g/mol. The molecule has 1 heterocycles. The Morgan fingerprint density at radius 3 is 2.64 bits per heavy atom. The molecule has 0 aliphatic heterocycles. The minimum absolute atomic E-state index is 0.124. The number of carbonyl (C=O) groups is 1. The quantitative estimate of drug-likeness (QED) is 0.710. The van der Waals surface area contributed by atoms with E-state index in [2.05, 4.69) is 15.6 Å². The van der Waals surface area contributed by atoms with Gasteiger partial charge in [0.05, 0.1) is 6.61 Å². The van der Waals surface area contributed by atoms with Gasteiger partial charge in [0.15, 0.2) is 11.5 Å². The van der Waals surface area contributed by atoms with Crippen LogP contribution in [-0.2, 0) is 4.79 Å². The predicted octanol–water partition coefficient (Wildman–Crippen LogP) is 3.97. The molecule has 0 bridgehead atoms. The van der Waals surface area contributed by atoms with Crippen LogP contribution in [0.2, 0.25) is 0 Å². The van der Waals surface area contributed by atoms with Crippen LogP contribution in [0.3, 0.4) is 0 Å². The molecule has 1 atom stereocenters. The molecule has 25 heavy (non-hydrogen) atoms. The summed E-state index contributed by atoms with van der Waals surface area (Å²) in [7, 11) is 0. The molecule has 0 aliphatic carbocycles. The molecule has 6 nitrogen and oxygen atoms in total. The summed E-state index contributed by atoms with van der Waals surface area (Å²) in [5, 5.41) is 6.06. The fourth-order valence-corrected chi connectivity index (χ4v) is 2.50. The zero-order chi connectivity index (χ0) is 17.8. The van der Waals surface area contributed by atoms with E-state index in [4.69, 9.17) is 9.15 Å². The molecule has 1 amide bonds. The minimum Gasteiger partial charge on any atom is -0.494 e. The number of benzene rings is 2. The fourth-order valence-electron chi connectivity index (χ4n) is 2.50. The van der Waals surface area contributed by atoms with E-state index in [9.17, 15) is 4.79 Å². The molecule has 3 rings (SSSR count). The van der Waals surface area contributed by atoms with Crippen molar-refractivity contribution in [2.24, 2.45) is 0 Å². The first-order valence-corrected chi connectivity index (χ1v) is 8.22. The molecule has 0 fully saturated rings. The summed E-state index contributed by atoms with van der Waals surface area (Å²) in [5.74, 6) is 1.27. The number of ether oxygens (including phenoxy) is 1. The molecule has 0 saturated heterocycles. The van der Waals surface area contributed by atoms with Crippen molar-refractivity contribution in [3.63, 3.8) is 0 Å². The number of carbonyl (C=O) groups excluding carboxylic acids is 1. The minimum atomic E-state index is -0.406. The Hall–Kier alpha value is -3.02. The van der Waals surface area contributed by atoms with Crippen molar-refractivity contribution >= 4 is 28.4 Å². The highest BCUT2D eigenvalue weighted by atomic mass is 16.5. The number of aromatic nitrogens is 1. The van der Waals surface area contributed by atoms with E-state index in [0.717, 1.165) is 28.2 Å². The fraction of sp³-hybridized carbons (Fsp3) is 0.263. The van der Waals surface area contributed by atoms with Crippen LogP contribution >= 0.6 is 0 Å². The van der Waals surface area contributed by atoms with Crippen molar-refractivity contribution in [2.45, 2.75) is 26.8 Å². The number of amides is 1. The van der Waals surface area contributed by atoms with Crippen LogP contribution in [0.1, 0.15) is 19.7 Å².